The Morgan fingerprint density at radius 1 is 1.25 bits per heavy atom. The number of nitrogens with zero attached hydrogens (tertiary/aromatic N) is 3. The molecule has 1 saturated heterocycles. The fourth-order valence-corrected chi connectivity index (χ4v) is 2.70. The molecule has 1 aliphatic rings. The van der Waals surface area contributed by atoms with E-state index >= 15 is 0 Å². The molecule has 0 N–H and O–H groups in total. The average Bonchev–Trinajstić information content (AvgIpc) is 2.46. The summed E-state index contributed by atoms with van der Waals surface area (Å²) in [4.78, 5) is 11.8. The predicted octanol–water partition coefficient (Wildman–Crippen LogP) is 2.94. The fraction of sp³-hybridized carbons (Fsp3) is 0.500. The minimum atomic E-state index is -0.0853. The van der Waals surface area contributed by atoms with Crippen molar-refractivity contribution < 1.29 is 4.74 Å². The van der Waals surface area contributed by atoms with Crippen LogP contribution in [0.5, 0.6) is 0 Å². The third-order valence-electron chi connectivity index (χ3n) is 4.10. The third-order valence-corrected chi connectivity index (χ3v) is 4.10. The summed E-state index contributed by atoms with van der Waals surface area (Å²) < 4.78 is 5.90. The van der Waals surface area contributed by atoms with Gasteiger partial charge in [0.15, 0.2) is 5.82 Å². The Hall–Kier alpha value is -1.68. The van der Waals surface area contributed by atoms with Crippen molar-refractivity contribution in [3.8, 4) is 0 Å². The minimum Gasteiger partial charge on any atom is -0.372 e. The Balaban J connectivity index is 1.99. The number of rotatable bonds is 2. The van der Waals surface area contributed by atoms with Crippen LogP contribution in [0.1, 0.15) is 26.0 Å². The Morgan fingerprint density at radius 2 is 1.95 bits per heavy atom. The van der Waals surface area contributed by atoms with E-state index in [1.54, 1.807) is 0 Å². The molecule has 1 aromatic carbocycles. The first-order valence-electron chi connectivity index (χ1n) is 7.23. The summed E-state index contributed by atoms with van der Waals surface area (Å²) >= 11 is 0. The van der Waals surface area contributed by atoms with Gasteiger partial charge in [0.1, 0.15) is 0 Å². The van der Waals surface area contributed by atoms with E-state index in [9.17, 15) is 0 Å². The molecule has 1 atom stereocenters. The van der Waals surface area contributed by atoms with E-state index in [1.807, 2.05) is 31.2 Å². The highest BCUT2D eigenvalue weighted by Crippen LogP contribution is 2.27. The summed E-state index contributed by atoms with van der Waals surface area (Å²) in [6.45, 7) is 8.87. The highest BCUT2D eigenvalue weighted by Gasteiger charge is 2.31. The maximum Gasteiger partial charge on any atom is 0.150 e. The first-order chi connectivity index (χ1) is 9.61. The van der Waals surface area contributed by atoms with Crippen LogP contribution in [-0.4, -0.2) is 35.3 Å². The van der Waals surface area contributed by atoms with Gasteiger partial charge in [-0.05, 0) is 32.4 Å². The molecule has 2 heterocycles. The Labute approximate surface area is 119 Å². The van der Waals surface area contributed by atoms with Gasteiger partial charge in [0, 0.05) is 13.1 Å². The molecule has 0 bridgehead atoms. The van der Waals surface area contributed by atoms with Crippen LogP contribution in [0.3, 0.4) is 0 Å². The number of hydrogen-bond donors (Lipinski definition) is 0. The van der Waals surface area contributed by atoms with Gasteiger partial charge in [-0.25, -0.2) is 9.97 Å². The van der Waals surface area contributed by atoms with Crippen molar-refractivity contribution in [1.82, 2.24) is 9.97 Å². The molecule has 0 aliphatic carbocycles. The normalized spacial score (nSPS) is 23.2. The molecule has 0 spiro atoms. The van der Waals surface area contributed by atoms with E-state index in [-0.39, 0.29) is 5.60 Å². The van der Waals surface area contributed by atoms with E-state index < -0.39 is 0 Å². The van der Waals surface area contributed by atoms with Gasteiger partial charge in [-0.3, -0.25) is 0 Å². The van der Waals surface area contributed by atoms with Crippen molar-refractivity contribution in [2.45, 2.75) is 32.8 Å². The molecular weight excluding hydrogens is 250 g/mol. The number of ether oxygens (including phenoxy) is 1. The maximum atomic E-state index is 5.90. The zero-order valence-corrected chi connectivity index (χ0v) is 12.4. The number of hydrogen-bond acceptors (Lipinski definition) is 4. The first kappa shape index (κ1) is 13.3. The maximum absolute atomic E-state index is 5.90. The second-order valence-electron chi connectivity index (χ2n) is 5.69. The molecule has 4 nitrogen and oxygen atoms in total. The minimum absolute atomic E-state index is 0.0853. The van der Waals surface area contributed by atoms with Crippen LogP contribution < -0.4 is 4.90 Å². The third kappa shape index (κ3) is 2.36. The number of morpholine rings is 1. The molecule has 4 heteroatoms. The van der Waals surface area contributed by atoms with E-state index in [4.69, 9.17) is 9.72 Å². The summed E-state index contributed by atoms with van der Waals surface area (Å²) in [6, 6.07) is 8.03. The van der Waals surface area contributed by atoms with Crippen molar-refractivity contribution in [2.24, 2.45) is 0 Å². The van der Waals surface area contributed by atoms with E-state index in [2.05, 4.69) is 23.7 Å². The highest BCUT2D eigenvalue weighted by atomic mass is 16.5. The quantitative estimate of drug-likeness (QED) is 0.841. The Kier molecular flexibility index (Phi) is 3.34. The van der Waals surface area contributed by atoms with E-state index in [0.29, 0.717) is 0 Å². The van der Waals surface area contributed by atoms with Crippen molar-refractivity contribution in [3.05, 3.63) is 30.0 Å². The average molecular weight is 271 g/mol. The van der Waals surface area contributed by atoms with Crippen molar-refractivity contribution in [2.75, 3.05) is 24.6 Å². The highest BCUT2D eigenvalue weighted by molar-refractivity contribution is 5.76. The Morgan fingerprint density at radius 3 is 2.65 bits per heavy atom. The number of benzene rings is 1. The van der Waals surface area contributed by atoms with Crippen molar-refractivity contribution in [1.29, 1.82) is 0 Å². The standard InChI is InChI=1S/C16H21N3O/c1-4-16(3)11-19(9-10-20-16)15-12(2)17-13-7-5-6-8-14(13)18-15/h5-8H,4,9-11H2,1-3H3. The zero-order chi connectivity index (χ0) is 14.2. The topological polar surface area (TPSA) is 38.2 Å². The summed E-state index contributed by atoms with van der Waals surface area (Å²) in [7, 11) is 0. The fourth-order valence-electron chi connectivity index (χ4n) is 2.70. The van der Waals surface area contributed by atoms with Gasteiger partial charge in [-0.1, -0.05) is 19.1 Å². The van der Waals surface area contributed by atoms with Gasteiger partial charge < -0.3 is 9.64 Å². The number of para-hydroxylation sites is 2. The monoisotopic (exact) mass is 271 g/mol. The lowest BCUT2D eigenvalue weighted by molar-refractivity contribution is -0.0443. The van der Waals surface area contributed by atoms with Gasteiger partial charge in [-0.15, -0.1) is 0 Å². The lowest BCUT2D eigenvalue weighted by Crippen LogP contribution is -2.50. The summed E-state index contributed by atoms with van der Waals surface area (Å²) in [5.74, 6) is 0.992. The second-order valence-corrected chi connectivity index (χ2v) is 5.69. The van der Waals surface area contributed by atoms with Gasteiger partial charge >= 0.3 is 0 Å². The second kappa shape index (κ2) is 5.02. The molecular formula is C16H21N3O. The van der Waals surface area contributed by atoms with Crippen molar-refractivity contribution in [3.63, 3.8) is 0 Å². The summed E-state index contributed by atoms with van der Waals surface area (Å²) in [5.41, 5.74) is 2.82. The SMILES string of the molecule is CCC1(C)CN(c2nc3ccccc3nc2C)CCO1. The largest absolute Gasteiger partial charge is 0.372 e. The lowest BCUT2D eigenvalue weighted by atomic mass is 10.0. The molecule has 1 fully saturated rings. The number of aromatic nitrogens is 2. The van der Waals surface area contributed by atoms with Crippen LogP contribution in [0.25, 0.3) is 11.0 Å². The molecule has 1 aliphatic heterocycles. The van der Waals surface area contributed by atoms with Gasteiger partial charge in [0.25, 0.3) is 0 Å². The zero-order valence-electron chi connectivity index (χ0n) is 12.4. The summed E-state index contributed by atoms with van der Waals surface area (Å²) in [6.07, 6.45) is 1.00. The number of aryl methyl sites for hydroxylation is 1. The van der Waals surface area contributed by atoms with Crippen LogP contribution >= 0.6 is 0 Å². The molecule has 2 aromatic rings. The smallest absolute Gasteiger partial charge is 0.150 e. The molecule has 1 unspecified atom stereocenters. The molecule has 106 valence electrons. The molecule has 3 rings (SSSR count). The van der Waals surface area contributed by atoms with Crippen LogP contribution in [0.2, 0.25) is 0 Å². The molecule has 0 saturated carbocycles. The molecule has 0 amide bonds. The molecule has 20 heavy (non-hydrogen) atoms. The Bertz CT molecular complexity index is 628. The van der Waals surface area contributed by atoms with Crippen LogP contribution in [0, 0.1) is 6.92 Å². The van der Waals surface area contributed by atoms with Gasteiger partial charge in [0.2, 0.25) is 0 Å². The predicted molar refractivity (Wildman–Crippen MR) is 81.1 cm³/mol. The number of anilines is 1. The van der Waals surface area contributed by atoms with Gasteiger partial charge in [-0.2, -0.15) is 0 Å². The lowest BCUT2D eigenvalue weighted by Gasteiger charge is -2.40. The summed E-state index contributed by atoms with van der Waals surface area (Å²) in [5, 5.41) is 0. The van der Waals surface area contributed by atoms with Crippen LogP contribution in [0.4, 0.5) is 5.82 Å². The van der Waals surface area contributed by atoms with Gasteiger partial charge in [0.05, 0.1) is 28.9 Å². The van der Waals surface area contributed by atoms with Crippen LogP contribution in [-0.2, 0) is 4.74 Å². The van der Waals surface area contributed by atoms with Crippen molar-refractivity contribution >= 4 is 16.9 Å². The first-order valence-corrected chi connectivity index (χ1v) is 7.23. The van der Waals surface area contributed by atoms with E-state index in [1.165, 1.54) is 0 Å². The number of fused-ring (bicyclic) bond motifs is 1. The van der Waals surface area contributed by atoms with E-state index in [0.717, 1.165) is 48.7 Å². The van der Waals surface area contributed by atoms with Crippen LogP contribution in [0.15, 0.2) is 24.3 Å². The molecule has 0 radical (unpaired) electrons. The molecule has 1 aromatic heterocycles.